The standard InChI is InChI=1S/C9H17NO3S/c1-2-8(7-11)9(12)10(13)3-5-14-6-4-10/h8,11H,2-7H2,1H3. The number of aliphatic hydroxyl groups excluding tert-OH is 1. The average molecular weight is 219 g/mol. The van der Waals surface area contributed by atoms with Crippen molar-refractivity contribution >= 4 is 17.7 Å². The predicted octanol–water partition coefficient (Wildman–Crippen LogP) is 0.593. The first-order valence-corrected chi connectivity index (χ1v) is 6.10. The zero-order valence-electron chi connectivity index (χ0n) is 8.44. The zero-order chi connectivity index (χ0) is 10.6. The number of quaternary nitrogens is 1. The molecule has 1 unspecified atom stereocenters. The molecule has 0 aromatic heterocycles. The lowest BCUT2D eigenvalue weighted by atomic mass is 10.1. The number of carbonyl (C=O) groups is 1. The second kappa shape index (κ2) is 5.11. The Labute approximate surface area is 88.4 Å². The van der Waals surface area contributed by atoms with E-state index in [1.54, 1.807) is 11.8 Å². The van der Waals surface area contributed by atoms with E-state index in [1.807, 2.05) is 6.92 Å². The number of amides is 1. The predicted molar refractivity (Wildman–Crippen MR) is 56.6 cm³/mol. The van der Waals surface area contributed by atoms with Gasteiger partial charge in [0.1, 0.15) is 0 Å². The molecule has 1 saturated heterocycles. The number of thioether (sulfide) groups is 1. The largest absolute Gasteiger partial charge is 0.625 e. The highest BCUT2D eigenvalue weighted by Crippen LogP contribution is 2.21. The highest BCUT2D eigenvalue weighted by atomic mass is 32.2. The Bertz CT molecular complexity index is 200. The number of hydrogen-bond donors (Lipinski definition) is 1. The number of rotatable bonds is 3. The van der Waals surface area contributed by atoms with Crippen molar-refractivity contribution < 1.29 is 14.5 Å². The summed E-state index contributed by atoms with van der Waals surface area (Å²) in [5.74, 6) is 0.680. The number of carbonyl (C=O) groups excluding carboxylic acids is 1. The van der Waals surface area contributed by atoms with Gasteiger partial charge in [0.05, 0.1) is 25.6 Å². The molecular weight excluding hydrogens is 202 g/mol. The van der Waals surface area contributed by atoms with Gasteiger partial charge in [0.2, 0.25) is 0 Å². The molecule has 0 aromatic rings. The summed E-state index contributed by atoms with van der Waals surface area (Å²) >= 11 is 1.71. The molecule has 1 aliphatic rings. The van der Waals surface area contributed by atoms with Crippen molar-refractivity contribution in [1.82, 2.24) is 0 Å². The highest BCUT2D eigenvalue weighted by molar-refractivity contribution is 7.99. The van der Waals surface area contributed by atoms with Crippen molar-refractivity contribution in [2.45, 2.75) is 13.3 Å². The van der Waals surface area contributed by atoms with E-state index in [4.69, 9.17) is 5.11 Å². The number of aliphatic hydroxyl groups is 1. The van der Waals surface area contributed by atoms with Crippen LogP contribution in [0.5, 0.6) is 0 Å². The van der Waals surface area contributed by atoms with E-state index >= 15 is 0 Å². The number of hydrogen-bond acceptors (Lipinski definition) is 4. The topological polar surface area (TPSA) is 60.4 Å². The van der Waals surface area contributed by atoms with Crippen LogP contribution in [0.3, 0.4) is 0 Å². The summed E-state index contributed by atoms with van der Waals surface area (Å²) < 4.78 is -0.730. The van der Waals surface area contributed by atoms with E-state index in [2.05, 4.69) is 0 Å². The van der Waals surface area contributed by atoms with Crippen LogP contribution in [0, 0.1) is 11.1 Å². The summed E-state index contributed by atoms with van der Waals surface area (Å²) in [5.41, 5.74) is 0. The van der Waals surface area contributed by atoms with E-state index in [1.165, 1.54) is 0 Å². The first-order valence-electron chi connectivity index (χ1n) is 4.95. The van der Waals surface area contributed by atoms with Crippen molar-refractivity contribution in [1.29, 1.82) is 0 Å². The first kappa shape index (κ1) is 12.0. The molecule has 0 aromatic carbocycles. The molecule has 0 aliphatic carbocycles. The fraction of sp³-hybridized carbons (Fsp3) is 0.889. The summed E-state index contributed by atoms with van der Waals surface area (Å²) in [6.07, 6.45) is 0.546. The van der Waals surface area contributed by atoms with Gasteiger partial charge in [-0.25, -0.2) is 4.79 Å². The summed E-state index contributed by atoms with van der Waals surface area (Å²) in [7, 11) is 0. The highest BCUT2D eigenvalue weighted by Gasteiger charge is 2.34. The molecule has 0 bridgehead atoms. The van der Waals surface area contributed by atoms with Gasteiger partial charge in [0.15, 0.2) is 0 Å². The van der Waals surface area contributed by atoms with Crippen molar-refractivity contribution in [3.8, 4) is 0 Å². The van der Waals surface area contributed by atoms with Gasteiger partial charge in [0.25, 0.3) is 0 Å². The summed E-state index contributed by atoms with van der Waals surface area (Å²) in [5, 5.41) is 21.0. The van der Waals surface area contributed by atoms with Gasteiger partial charge in [-0.15, -0.1) is 0 Å². The van der Waals surface area contributed by atoms with Crippen LogP contribution in [0.1, 0.15) is 13.3 Å². The molecule has 4 nitrogen and oxygen atoms in total. The Hall–Kier alpha value is -0.100. The lowest BCUT2D eigenvalue weighted by Crippen LogP contribution is -2.55. The van der Waals surface area contributed by atoms with Crippen molar-refractivity contribution in [2.75, 3.05) is 31.2 Å². The number of nitrogens with zero attached hydrogens (tertiary/aromatic N) is 1. The maximum Gasteiger partial charge on any atom is 0.319 e. The molecule has 0 radical (unpaired) electrons. The Morgan fingerprint density at radius 2 is 2.14 bits per heavy atom. The van der Waals surface area contributed by atoms with Gasteiger partial charge in [-0.05, 0) is 6.42 Å². The van der Waals surface area contributed by atoms with Crippen molar-refractivity contribution in [3.05, 3.63) is 5.21 Å². The molecule has 1 atom stereocenters. The molecule has 5 heteroatoms. The van der Waals surface area contributed by atoms with E-state index < -0.39 is 10.6 Å². The summed E-state index contributed by atoms with van der Waals surface area (Å²) in [6, 6.07) is 0. The van der Waals surface area contributed by atoms with Gasteiger partial charge < -0.3 is 10.3 Å². The lowest BCUT2D eigenvalue weighted by molar-refractivity contribution is -0.802. The first-order chi connectivity index (χ1) is 6.64. The average Bonchev–Trinajstić information content (AvgIpc) is 2.20. The van der Waals surface area contributed by atoms with Crippen LogP contribution in [0.4, 0.5) is 0 Å². The quantitative estimate of drug-likeness (QED) is 0.557. The summed E-state index contributed by atoms with van der Waals surface area (Å²) in [4.78, 5) is 11.8. The molecule has 1 aliphatic heterocycles. The van der Waals surface area contributed by atoms with Crippen LogP contribution in [-0.4, -0.2) is 46.9 Å². The molecule has 1 rings (SSSR count). The van der Waals surface area contributed by atoms with Crippen molar-refractivity contribution in [3.63, 3.8) is 0 Å². The van der Waals surface area contributed by atoms with Crippen LogP contribution in [-0.2, 0) is 4.79 Å². The maximum absolute atomic E-state index is 12.0. The Kier molecular flexibility index (Phi) is 4.37. The lowest BCUT2D eigenvalue weighted by Gasteiger charge is -2.43. The van der Waals surface area contributed by atoms with E-state index in [-0.39, 0.29) is 12.5 Å². The third-order valence-corrected chi connectivity index (χ3v) is 3.60. The normalized spacial score (nSPS) is 23.1. The molecule has 82 valence electrons. The fourth-order valence-electron chi connectivity index (χ4n) is 1.57. The smallest absolute Gasteiger partial charge is 0.319 e. The maximum atomic E-state index is 12.0. The summed E-state index contributed by atoms with van der Waals surface area (Å²) in [6.45, 7) is 2.34. The van der Waals surface area contributed by atoms with Gasteiger partial charge >= 0.3 is 5.91 Å². The molecule has 1 fully saturated rings. The van der Waals surface area contributed by atoms with Crippen LogP contribution in [0.25, 0.3) is 0 Å². The van der Waals surface area contributed by atoms with Gasteiger partial charge in [0, 0.05) is 11.5 Å². The number of hydroxylamine groups is 3. The molecule has 0 spiro atoms. The van der Waals surface area contributed by atoms with Crippen LogP contribution in [0.2, 0.25) is 0 Å². The monoisotopic (exact) mass is 219 g/mol. The SMILES string of the molecule is CCC(CO)C(=O)[N+]1([O-])CCSCC1. The van der Waals surface area contributed by atoms with Crippen LogP contribution >= 0.6 is 11.8 Å². The Morgan fingerprint density at radius 1 is 1.57 bits per heavy atom. The van der Waals surface area contributed by atoms with Crippen LogP contribution in [0.15, 0.2) is 0 Å². The molecule has 14 heavy (non-hydrogen) atoms. The minimum absolute atomic E-state index is 0.204. The molecule has 1 heterocycles. The molecular formula is C9H17NO3S. The van der Waals surface area contributed by atoms with E-state index in [0.717, 1.165) is 11.5 Å². The van der Waals surface area contributed by atoms with Crippen LogP contribution < -0.4 is 0 Å². The van der Waals surface area contributed by atoms with Gasteiger partial charge in [-0.3, -0.25) is 4.65 Å². The second-order valence-corrected chi connectivity index (χ2v) is 4.80. The minimum atomic E-state index is -0.730. The second-order valence-electron chi connectivity index (χ2n) is 3.57. The van der Waals surface area contributed by atoms with E-state index in [0.29, 0.717) is 19.5 Å². The van der Waals surface area contributed by atoms with Gasteiger partial charge in [-0.2, -0.15) is 11.8 Å². The third kappa shape index (κ3) is 2.48. The van der Waals surface area contributed by atoms with Crippen molar-refractivity contribution in [2.24, 2.45) is 5.92 Å². The minimum Gasteiger partial charge on any atom is -0.625 e. The van der Waals surface area contributed by atoms with E-state index in [9.17, 15) is 10.0 Å². The Balaban J connectivity index is 2.64. The third-order valence-electron chi connectivity index (χ3n) is 2.66. The zero-order valence-corrected chi connectivity index (χ0v) is 9.26. The molecule has 0 saturated carbocycles. The molecule has 1 N–H and O–H groups in total. The molecule has 1 amide bonds. The van der Waals surface area contributed by atoms with Gasteiger partial charge in [-0.1, -0.05) is 6.92 Å². The fourth-order valence-corrected chi connectivity index (χ4v) is 2.62. The Morgan fingerprint density at radius 3 is 2.57 bits per heavy atom.